The van der Waals surface area contributed by atoms with E-state index in [0.717, 1.165) is 16.5 Å². The zero-order valence-electron chi connectivity index (χ0n) is 11.2. The van der Waals surface area contributed by atoms with Gasteiger partial charge in [-0.2, -0.15) is 8.78 Å². The van der Waals surface area contributed by atoms with Crippen molar-refractivity contribution in [3.8, 4) is 0 Å². The van der Waals surface area contributed by atoms with Crippen LogP contribution in [0.1, 0.15) is 11.1 Å². The van der Waals surface area contributed by atoms with Crippen molar-refractivity contribution in [2.75, 3.05) is 0 Å². The summed E-state index contributed by atoms with van der Waals surface area (Å²) in [6, 6.07) is 15.6. The van der Waals surface area contributed by atoms with Gasteiger partial charge < -0.3 is 4.57 Å². The van der Waals surface area contributed by atoms with Gasteiger partial charge in [0.2, 0.25) is 0 Å². The summed E-state index contributed by atoms with van der Waals surface area (Å²) in [5.41, 5.74) is 2.00. The van der Waals surface area contributed by atoms with Gasteiger partial charge in [0.1, 0.15) is 0 Å². The average Bonchev–Trinajstić information content (AvgIpc) is 2.84. The van der Waals surface area contributed by atoms with Crippen LogP contribution >= 0.6 is 0 Å². The quantitative estimate of drug-likeness (QED) is 0.648. The first-order valence-corrected chi connectivity index (χ1v) is 6.56. The van der Waals surface area contributed by atoms with Gasteiger partial charge in [-0.15, -0.1) is 0 Å². The Bertz CT molecular complexity index is 729. The first-order valence-electron chi connectivity index (χ1n) is 6.56. The maximum Gasteiger partial charge on any atom is 0.290 e. The summed E-state index contributed by atoms with van der Waals surface area (Å²) in [6.07, 6.45) is 1.73. The number of alkyl halides is 2. The Morgan fingerprint density at radius 3 is 2.45 bits per heavy atom. The van der Waals surface area contributed by atoms with Crippen LogP contribution in [0.3, 0.4) is 0 Å². The number of hydrogen-bond acceptors (Lipinski definition) is 0. The number of rotatable bonds is 3. The summed E-state index contributed by atoms with van der Waals surface area (Å²) < 4.78 is 30.3. The Morgan fingerprint density at radius 2 is 1.70 bits per heavy atom. The Balaban J connectivity index is 1.99. The minimum absolute atomic E-state index is 0.0505. The van der Waals surface area contributed by atoms with E-state index in [0.29, 0.717) is 0 Å². The fraction of sp³-hybridized carbons (Fsp3) is 0.176. The monoisotopic (exact) mass is 271 g/mol. The number of halogens is 2. The largest absolute Gasteiger partial charge is 0.341 e. The highest BCUT2D eigenvalue weighted by atomic mass is 19.3. The molecule has 2 aromatic carbocycles. The Morgan fingerprint density at radius 1 is 0.950 bits per heavy atom. The van der Waals surface area contributed by atoms with Gasteiger partial charge in [-0.1, -0.05) is 42.5 Å². The fourth-order valence-corrected chi connectivity index (χ4v) is 2.50. The number of hydrogen-bond donors (Lipinski definition) is 0. The summed E-state index contributed by atoms with van der Waals surface area (Å²) in [5.74, 6) is -2.88. The molecule has 0 N–H and O–H groups in total. The van der Waals surface area contributed by atoms with Gasteiger partial charge in [0.15, 0.2) is 0 Å². The van der Waals surface area contributed by atoms with Crippen LogP contribution in [-0.4, -0.2) is 4.57 Å². The molecule has 0 bridgehead atoms. The lowest BCUT2D eigenvalue weighted by Gasteiger charge is -2.18. The van der Waals surface area contributed by atoms with E-state index in [1.54, 1.807) is 29.0 Å². The van der Waals surface area contributed by atoms with E-state index in [9.17, 15) is 8.78 Å². The summed E-state index contributed by atoms with van der Waals surface area (Å²) in [4.78, 5) is 0. The molecule has 0 amide bonds. The molecule has 0 atom stereocenters. The predicted octanol–water partition coefficient (Wildman–Crippen LogP) is 4.74. The highest BCUT2D eigenvalue weighted by molar-refractivity contribution is 5.83. The highest BCUT2D eigenvalue weighted by Crippen LogP contribution is 2.31. The molecular formula is C17H15F2N. The van der Waals surface area contributed by atoms with Gasteiger partial charge in [-0.25, -0.2) is 0 Å². The van der Waals surface area contributed by atoms with E-state index < -0.39 is 5.92 Å². The van der Waals surface area contributed by atoms with Gasteiger partial charge >= 0.3 is 0 Å². The van der Waals surface area contributed by atoms with E-state index in [4.69, 9.17) is 0 Å². The zero-order valence-corrected chi connectivity index (χ0v) is 11.2. The first kappa shape index (κ1) is 12.9. The van der Waals surface area contributed by atoms with Crippen LogP contribution in [0.15, 0.2) is 60.8 Å². The van der Waals surface area contributed by atoms with Crippen molar-refractivity contribution in [2.24, 2.45) is 0 Å². The molecule has 0 fully saturated rings. The molecule has 3 heteroatoms. The van der Waals surface area contributed by atoms with E-state index in [-0.39, 0.29) is 12.1 Å². The summed E-state index contributed by atoms with van der Waals surface area (Å²) in [7, 11) is 0. The molecule has 0 spiro atoms. The SMILES string of the molecule is Cc1cccc2c1ccn2CC(F)(F)c1ccccc1. The van der Waals surface area contributed by atoms with Crippen LogP contribution < -0.4 is 0 Å². The van der Waals surface area contributed by atoms with Crippen molar-refractivity contribution in [2.45, 2.75) is 19.4 Å². The second-order valence-electron chi connectivity index (χ2n) is 5.02. The van der Waals surface area contributed by atoms with Crippen LogP contribution in [0, 0.1) is 6.92 Å². The van der Waals surface area contributed by atoms with E-state index in [2.05, 4.69) is 0 Å². The van der Waals surface area contributed by atoms with Crippen molar-refractivity contribution >= 4 is 10.9 Å². The van der Waals surface area contributed by atoms with Crippen LogP contribution in [-0.2, 0) is 12.5 Å². The van der Waals surface area contributed by atoms with Gasteiger partial charge in [0, 0.05) is 22.7 Å². The molecule has 0 saturated heterocycles. The molecule has 102 valence electrons. The number of nitrogens with zero attached hydrogens (tertiary/aromatic N) is 1. The smallest absolute Gasteiger partial charge is 0.290 e. The van der Waals surface area contributed by atoms with Crippen molar-refractivity contribution in [1.82, 2.24) is 4.57 Å². The predicted molar refractivity (Wildman–Crippen MR) is 77.0 cm³/mol. The van der Waals surface area contributed by atoms with Gasteiger partial charge in [-0.3, -0.25) is 0 Å². The molecule has 3 rings (SSSR count). The van der Waals surface area contributed by atoms with Crippen LogP contribution in [0.25, 0.3) is 10.9 Å². The van der Waals surface area contributed by atoms with Crippen LogP contribution in [0.2, 0.25) is 0 Å². The first-order chi connectivity index (χ1) is 9.58. The third-order valence-electron chi connectivity index (χ3n) is 3.60. The lowest BCUT2D eigenvalue weighted by atomic mass is 10.1. The minimum atomic E-state index is -2.88. The lowest BCUT2D eigenvalue weighted by molar-refractivity contribution is -0.0211. The number of aryl methyl sites for hydroxylation is 1. The Kier molecular flexibility index (Phi) is 3.05. The average molecular weight is 271 g/mol. The van der Waals surface area contributed by atoms with E-state index >= 15 is 0 Å². The number of aromatic nitrogens is 1. The van der Waals surface area contributed by atoms with Crippen LogP contribution in [0.5, 0.6) is 0 Å². The fourth-order valence-electron chi connectivity index (χ4n) is 2.50. The second-order valence-corrected chi connectivity index (χ2v) is 5.02. The normalized spacial score (nSPS) is 11.9. The third kappa shape index (κ3) is 2.20. The van der Waals surface area contributed by atoms with Crippen molar-refractivity contribution < 1.29 is 8.78 Å². The molecule has 0 unspecified atom stereocenters. The second kappa shape index (κ2) is 4.75. The Hall–Kier alpha value is -2.16. The lowest BCUT2D eigenvalue weighted by Crippen LogP contribution is -2.20. The molecule has 0 aliphatic carbocycles. The molecule has 1 nitrogen and oxygen atoms in total. The molecule has 1 aromatic heterocycles. The number of benzene rings is 2. The van der Waals surface area contributed by atoms with Crippen molar-refractivity contribution in [1.29, 1.82) is 0 Å². The summed E-state index contributed by atoms with van der Waals surface area (Å²) in [5, 5.41) is 1.02. The maximum absolute atomic E-state index is 14.3. The molecule has 0 radical (unpaired) electrons. The van der Waals surface area contributed by atoms with E-state index in [1.807, 2.05) is 31.2 Å². The topological polar surface area (TPSA) is 4.93 Å². The highest BCUT2D eigenvalue weighted by Gasteiger charge is 2.32. The molecule has 0 aliphatic rings. The summed E-state index contributed by atoms with van der Waals surface area (Å²) >= 11 is 0. The Labute approximate surface area is 116 Å². The molecule has 0 aliphatic heterocycles. The van der Waals surface area contributed by atoms with Gasteiger partial charge in [0.05, 0.1) is 6.54 Å². The van der Waals surface area contributed by atoms with Crippen LogP contribution in [0.4, 0.5) is 8.78 Å². The van der Waals surface area contributed by atoms with Gasteiger partial charge in [-0.05, 0) is 24.6 Å². The van der Waals surface area contributed by atoms with E-state index in [1.165, 1.54) is 12.1 Å². The zero-order chi connectivity index (χ0) is 14.2. The minimum Gasteiger partial charge on any atom is -0.341 e. The maximum atomic E-state index is 14.3. The van der Waals surface area contributed by atoms with Gasteiger partial charge in [0.25, 0.3) is 5.92 Å². The molecule has 20 heavy (non-hydrogen) atoms. The molecule has 1 heterocycles. The molecule has 3 aromatic rings. The summed E-state index contributed by atoms with van der Waals surface area (Å²) in [6.45, 7) is 1.64. The molecule has 0 saturated carbocycles. The van der Waals surface area contributed by atoms with Crippen molar-refractivity contribution in [3.05, 3.63) is 71.9 Å². The molecular weight excluding hydrogens is 256 g/mol. The number of fused-ring (bicyclic) bond motifs is 1. The standard InChI is InChI=1S/C17H15F2N/c1-13-6-5-9-16-15(13)10-11-20(16)12-17(18,19)14-7-3-2-4-8-14/h2-11H,12H2,1H3. The van der Waals surface area contributed by atoms with Crippen molar-refractivity contribution in [3.63, 3.8) is 0 Å². The third-order valence-corrected chi connectivity index (χ3v) is 3.60.